The smallest absolute Gasteiger partial charge is 0.0700 e. The minimum atomic E-state index is -2.04. The van der Waals surface area contributed by atoms with Crippen molar-refractivity contribution in [3.05, 3.63) is 0 Å². The fourth-order valence-corrected chi connectivity index (χ4v) is 1.53. The van der Waals surface area contributed by atoms with Gasteiger partial charge in [-0.1, -0.05) is 5.82 Å². The number of hydrogen-bond donors (Lipinski definition) is 0. The third-order valence-corrected chi connectivity index (χ3v) is 2.50. The molecule has 2 radical (unpaired) electrons. The molecule has 1 heterocycles. The maximum atomic E-state index is 10.3. The molecule has 0 spiro atoms. The van der Waals surface area contributed by atoms with Crippen LogP contribution in [0.4, 0.5) is 0 Å². The molecule has 0 N–H and O–H groups in total. The van der Waals surface area contributed by atoms with Gasteiger partial charge in [0, 0.05) is 24.4 Å². The number of rotatable bonds is 1. The van der Waals surface area contributed by atoms with Crippen LogP contribution >= 0.6 is 0 Å². The standard InChI is InChI=1S/C5H10BNO2S/c6-5-1-3-7(4-2-5)10(8)9/h5H,1-4H2,(H,8,9)/p-1. The fraction of sp³-hybridized carbons (Fsp3) is 1.00. The number of nitrogens with zero attached hydrogens (tertiary/aromatic N) is 1. The van der Waals surface area contributed by atoms with Crippen molar-refractivity contribution in [1.82, 2.24) is 4.31 Å². The zero-order valence-corrected chi connectivity index (χ0v) is 6.47. The third-order valence-electron chi connectivity index (χ3n) is 1.71. The molecule has 10 heavy (non-hydrogen) atoms. The predicted octanol–water partition coefficient (Wildman–Crippen LogP) is -0.167. The summed E-state index contributed by atoms with van der Waals surface area (Å²) in [6.45, 7) is 1.16. The van der Waals surface area contributed by atoms with Crippen molar-refractivity contribution in [1.29, 1.82) is 0 Å². The van der Waals surface area contributed by atoms with E-state index in [-0.39, 0.29) is 5.82 Å². The van der Waals surface area contributed by atoms with Crippen LogP contribution in [-0.4, -0.2) is 34.0 Å². The highest BCUT2D eigenvalue weighted by atomic mass is 32.2. The summed E-state index contributed by atoms with van der Waals surface area (Å²) in [5.41, 5.74) is 0. The minimum absolute atomic E-state index is 0.194. The van der Waals surface area contributed by atoms with Crippen LogP contribution in [0.2, 0.25) is 5.82 Å². The molecule has 1 aliphatic rings. The van der Waals surface area contributed by atoms with E-state index >= 15 is 0 Å². The molecule has 0 aromatic rings. The van der Waals surface area contributed by atoms with Crippen molar-refractivity contribution in [3.63, 3.8) is 0 Å². The van der Waals surface area contributed by atoms with Gasteiger partial charge in [-0.25, -0.2) is 4.31 Å². The van der Waals surface area contributed by atoms with Gasteiger partial charge >= 0.3 is 0 Å². The normalized spacial score (nSPS) is 26.5. The Morgan fingerprint density at radius 1 is 1.50 bits per heavy atom. The van der Waals surface area contributed by atoms with Crippen molar-refractivity contribution in [2.75, 3.05) is 13.1 Å². The summed E-state index contributed by atoms with van der Waals surface area (Å²) in [7, 11) is 5.57. The summed E-state index contributed by atoms with van der Waals surface area (Å²) in [6.07, 6.45) is 1.57. The Hall–Kier alpha value is 0.135. The summed E-state index contributed by atoms with van der Waals surface area (Å²) in [5, 5.41) is 0. The lowest BCUT2D eigenvalue weighted by atomic mass is 9.80. The van der Waals surface area contributed by atoms with Crippen molar-refractivity contribution in [2.24, 2.45) is 0 Å². The molecule has 0 aromatic carbocycles. The van der Waals surface area contributed by atoms with Crippen molar-refractivity contribution >= 4 is 19.1 Å². The highest BCUT2D eigenvalue weighted by molar-refractivity contribution is 7.76. The van der Waals surface area contributed by atoms with E-state index in [0.717, 1.165) is 12.8 Å². The van der Waals surface area contributed by atoms with E-state index in [1.165, 1.54) is 4.31 Å². The van der Waals surface area contributed by atoms with Gasteiger partial charge in [0.25, 0.3) is 0 Å². The van der Waals surface area contributed by atoms with Crippen LogP contribution in [0.25, 0.3) is 0 Å². The molecule has 0 bridgehead atoms. The molecule has 1 rings (SSSR count). The molecule has 0 aliphatic carbocycles. The topological polar surface area (TPSA) is 43.4 Å². The molecule has 1 aliphatic heterocycles. The lowest BCUT2D eigenvalue weighted by Crippen LogP contribution is -2.33. The van der Waals surface area contributed by atoms with E-state index in [1.807, 2.05) is 0 Å². The minimum Gasteiger partial charge on any atom is -0.760 e. The maximum absolute atomic E-state index is 10.3. The Balaban J connectivity index is 2.33. The molecule has 3 nitrogen and oxygen atoms in total. The zero-order chi connectivity index (χ0) is 7.56. The molecule has 1 unspecified atom stereocenters. The van der Waals surface area contributed by atoms with Crippen LogP contribution in [0.5, 0.6) is 0 Å². The summed E-state index contributed by atoms with van der Waals surface area (Å²) < 4.78 is 22.1. The quantitative estimate of drug-likeness (QED) is 0.392. The van der Waals surface area contributed by atoms with Crippen molar-refractivity contribution in [3.8, 4) is 0 Å². The van der Waals surface area contributed by atoms with E-state index in [4.69, 9.17) is 7.85 Å². The van der Waals surface area contributed by atoms with Gasteiger partial charge in [0.05, 0.1) is 7.85 Å². The maximum Gasteiger partial charge on any atom is 0.0700 e. The van der Waals surface area contributed by atoms with Gasteiger partial charge in [0.15, 0.2) is 0 Å². The average molecular weight is 158 g/mol. The lowest BCUT2D eigenvalue weighted by Gasteiger charge is -2.31. The highest BCUT2D eigenvalue weighted by Gasteiger charge is 2.14. The van der Waals surface area contributed by atoms with E-state index in [9.17, 15) is 8.76 Å². The monoisotopic (exact) mass is 158 g/mol. The Kier molecular flexibility index (Phi) is 2.89. The van der Waals surface area contributed by atoms with Crippen LogP contribution in [0.3, 0.4) is 0 Å². The number of piperidine rings is 1. The second-order valence-electron chi connectivity index (χ2n) is 2.48. The van der Waals surface area contributed by atoms with Crippen LogP contribution in [0.15, 0.2) is 0 Å². The van der Waals surface area contributed by atoms with Crippen molar-refractivity contribution < 1.29 is 8.76 Å². The Labute approximate surface area is 64.6 Å². The van der Waals surface area contributed by atoms with Gasteiger partial charge in [-0.2, -0.15) is 0 Å². The van der Waals surface area contributed by atoms with Gasteiger partial charge in [0.2, 0.25) is 0 Å². The van der Waals surface area contributed by atoms with Crippen molar-refractivity contribution in [2.45, 2.75) is 18.7 Å². The summed E-state index contributed by atoms with van der Waals surface area (Å²) in [5.74, 6) is 0.194. The van der Waals surface area contributed by atoms with Gasteiger partial charge in [-0.15, -0.1) is 0 Å². The molecule has 5 heteroatoms. The van der Waals surface area contributed by atoms with E-state index in [2.05, 4.69) is 0 Å². The zero-order valence-electron chi connectivity index (χ0n) is 5.66. The Morgan fingerprint density at radius 3 is 2.40 bits per heavy atom. The first-order chi connectivity index (χ1) is 4.70. The highest BCUT2D eigenvalue weighted by Crippen LogP contribution is 2.18. The van der Waals surface area contributed by atoms with E-state index in [1.54, 1.807) is 0 Å². The molecule has 0 aromatic heterocycles. The van der Waals surface area contributed by atoms with Gasteiger partial charge in [-0.05, 0) is 12.8 Å². The van der Waals surface area contributed by atoms with Crippen LogP contribution in [0.1, 0.15) is 12.8 Å². The second kappa shape index (κ2) is 3.50. The largest absolute Gasteiger partial charge is 0.760 e. The average Bonchev–Trinajstić information content (AvgIpc) is 1.88. The first kappa shape index (κ1) is 8.23. The molecule has 1 saturated heterocycles. The predicted molar refractivity (Wildman–Crippen MR) is 39.2 cm³/mol. The van der Waals surface area contributed by atoms with Crippen LogP contribution in [0, 0.1) is 0 Å². The third kappa shape index (κ3) is 2.07. The Bertz CT molecular complexity index is 136. The SMILES string of the molecule is [B]C1CCN(S(=O)[O-])CC1. The first-order valence-electron chi connectivity index (χ1n) is 3.30. The molecular weight excluding hydrogens is 149 g/mol. The first-order valence-corrected chi connectivity index (χ1v) is 4.33. The summed E-state index contributed by atoms with van der Waals surface area (Å²) >= 11 is -2.04. The fourth-order valence-electron chi connectivity index (χ4n) is 1.02. The van der Waals surface area contributed by atoms with Gasteiger partial charge in [-0.3, -0.25) is 4.21 Å². The molecule has 0 amide bonds. The second-order valence-corrected chi connectivity index (χ2v) is 3.43. The Morgan fingerprint density at radius 2 is 2.00 bits per heavy atom. The van der Waals surface area contributed by atoms with E-state index < -0.39 is 11.3 Å². The summed E-state index contributed by atoms with van der Waals surface area (Å²) in [6, 6.07) is 0. The van der Waals surface area contributed by atoms with E-state index in [0.29, 0.717) is 13.1 Å². The molecule has 56 valence electrons. The molecule has 1 fully saturated rings. The molecular formula is C5H9BNO2S-. The lowest BCUT2D eigenvalue weighted by molar-refractivity contribution is 0.334. The molecule has 0 saturated carbocycles. The summed E-state index contributed by atoms with van der Waals surface area (Å²) in [4.78, 5) is 0. The van der Waals surface area contributed by atoms with Gasteiger partial charge in [0.1, 0.15) is 0 Å². The number of hydrogen-bond acceptors (Lipinski definition) is 2. The van der Waals surface area contributed by atoms with Gasteiger partial charge < -0.3 is 4.55 Å². The van der Waals surface area contributed by atoms with Crippen LogP contribution < -0.4 is 0 Å². The van der Waals surface area contributed by atoms with Crippen LogP contribution in [-0.2, 0) is 11.3 Å². The molecule has 1 atom stereocenters.